The minimum absolute atomic E-state index is 0.0535. The molecular weight excluding hydrogens is 844 g/mol. The van der Waals surface area contributed by atoms with Gasteiger partial charge in [-0.2, -0.15) is 20.2 Å². The molecule has 8 rings (SSSR count). The van der Waals surface area contributed by atoms with Crippen molar-refractivity contribution in [1.82, 2.24) is 39.8 Å². The molecule has 0 bridgehead atoms. The Hall–Kier alpha value is -4.59. The van der Waals surface area contributed by atoms with Crippen molar-refractivity contribution in [2.75, 3.05) is 24.0 Å². The zero-order chi connectivity index (χ0) is 41.5. The number of sulfone groups is 2. The molecule has 0 spiro atoms. The quantitative estimate of drug-likeness (QED) is 0.112. The van der Waals surface area contributed by atoms with Gasteiger partial charge < -0.3 is 9.05 Å². The summed E-state index contributed by atoms with van der Waals surface area (Å²) in [5, 5.41) is 17.7. The van der Waals surface area contributed by atoms with E-state index in [4.69, 9.17) is 37.2 Å². The second-order valence-electron chi connectivity index (χ2n) is 15.0. The number of hydrogen-bond donors (Lipinski definition) is 0. The second kappa shape index (κ2) is 14.3. The van der Waals surface area contributed by atoms with E-state index in [2.05, 4.69) is 25.5 Å². The van der Waals surface area contributed by atoms with Gasteiger partial charge in [-0.05, 0) is 68.0 Å². The largest absolute Gasteiger partial charge is 0.332 e. The molecule has 0 N–H and O–H groups in total. The molecule has 306 valence electrons. The standard InChI is InChI=1S/C37H35Cl2F3N8O6S2/c1-19-20(2)49(12-14-57(3,51)52)46-30(19)33-44-35(48-56-33)37(23-9-8-21(40)16-26(23)38)18-25(37)22-6-5-7-24(29(22)39)36(10-11-36)34-43-32(55-47-34)28-17-27(31(41)42)45-50(28)13-15-58(4,53)54/h5-9,16-17,25,31H,10-15,18H2,1-4H3. The third-order valence-electron chi connectivity index (χ3n) is 11.0. The average Bonchev–Trinajstić information content (AvgIpc) is 3.76. The summed E-state index contributed by atoms with van der Waals surface area (Å²) >= 11 is 14.0. The van der Waals surface area contributed by atoms with Crippen LogP contribution in [-0.2, 0) is 43.6 Å². The van der Waals surface area contributed by atoms with Crippen LogP contribution in [0.25, 0.3) is 23.2 Å². The lowest BCUT2D eigenvalue weighted by molar-refractivity contribution is 0.145. The van der Waals surface area contributed by atoms with Crippen molar-refractivity contribution in [2.24, 2.45) is 0 Å². The highest BCUT2D eigenvalue weighted by Crippen LogP contribution is 2.67. The molecule has 2 unspecified atom stereocenters. The van der Waals surface area contributed by atoms with Crippen LogP contribution in [0.3, 0.4) is 0 Å². The molecule has 2 aromatic carbocycles. The fraction of sp³-hybridized carbons (Fsp3) is 0.405. The maximum absolute atomic E-state index is 14.4. The lowest BCUT2D eigenvalue weighted by Gasteiger charge is -2.19. The number of halogens is 5. The van der Waals surface area contributed by atoms with Crippen LogP contribution in [0.2, 0.25) is 10.0 Å². The summed E-state index contributed by atoms with van der Waals surface area (Å²) in [5.74, 6) is -0.795. The van der Waals surface area contributed by atoms with Crippen molar-refractivity contribution < 1.29 is 39.1 Å². The number of hydrogen-bond acceptors (Lipinski definition) is 12. The first kappa shape index (κ1) is 40.2. The molecule has 4 aromatic heterocycles. The monoisotopic (exact) mass is 878 g/mol. The molecule has 2 atom stereocenters. The molecule has 2 aliphatic rings. The predicted octanol–water partition coefficient (Wildman–Crippen LogP) is 6.82. The molecule has 58 heavy (non-hydrogen) atoms. The highest BCUT2D eigenvalue weighted by atomic mass is 35.5. The third-order valence-corrected chi connectivity index (χ3v) is 13.6. The molecule has 6 aromatic rings. The number of nitrogens with zero attached hydrogens (tertiary/aromatic N) is 8. The number of aromatic nitrogens is 8. The van der Waals surface area contributed by atoms with E-state index in [1.165, 1.54) is 12.1 Å². The van der Waals surface area contributed by atoms with E-state index in [0.717, 1.165) is 40.1 Å². The highest BCUT2D eigenvalue weighted by molar-refractivity contribution is 7.90. The molecule has 0 radical (unpaired) electrons. The number of alkyl halides is 2. The fourth-order valence-corrected chi connectivity index (χ4v) is 9.34. The molecule has 0 aliphatic heterocycles. The fourth-order valence-electron chi connectivity index (χ4n) is 7.55. The van der Waals surface area contributed by atoms with Crippen molar-refractivity contribution in [3.8, 4) is 23.2 Å². The predicted molar refractivity (Wildman–Crippen MR) is 206 cm³/mol. The topological polar surface area (TPSA) is 182 Å². The first-order valence-corrected chi connectivity index (χ1v) is 22.9. The number of rotatable bonds is 14. The number of aryl methyl sites for hydroxylation is 2. The molecule has 21 heteroatoms. The first-order chi connectivity index (χ1) is 27.3. The molecule has 2 saturated carbocycles. The minimum atomic E-state index is -3.44. The van der Waals surface area contributed by atoms with Gasteiger partial charge in [0.2, 0.25) is 0 Å². The Bertz CT molecular complexity index is 2820. The maximum atomic E-state index is 14.4. The van der Waals surface area contributed by atoms with Crippen molar-refractivity contribution in [3.63, 3.8) is 0 Å². The molecule has 14 nitrogen and oxygen atoms in total. The summed E-state index contributed by atoms with van der Waals surface area (Å²) in [5.41, 5.74) is 1.54. The molecule has 4 heterocycles. The van der Waals surface area contributed by atoms with E-state index in [-0.39, 0.29) is 64.7 Å². The van der Waals surface area contributed by atoms with Gasteiger partial charge in [0, 0.05) is 39.7 Å². The third kappa shape index (κ3) is 7.23. The summed E-state index contributed by atoms with van der Waals surface area (Å²) in [6, 6.07) is 10.8. The SMILES string of the molecule is Cc1c(-c2nc(C3(c4ccc(F)cc4Cl)CC3c3cccc(C4(c5noc(-c6cc(C(F)F)nn6CCS(C)(=O)=O)n5)CC4)c3Cl)no2)nn(CCS(C)(=O)=O)c1C. The Labute approximate surface area is 340 Å². The van der Waals surface area contributed by atoms with E-state index < -0.39 is 48.4 Å². The lowest BCUT2D eigenvalue weighted by Crippen LogP contribution is -2.16. The van der Waals surface area contributed by atoms with Crippen molar-refractivity contribution in [1.29, 1.82) is 0 Å². The Kier molecular flexibility index (Phi) is 9.91. The van der Waals surface area contributed by atoms with Gasteiger partial charge in [-0.25, -0.2) is 30.0 Å². The first-order valence-electron chi connectivity index (χ1n) is 18.0. The number of benzene rings is 2. The lowest BCUT2D eigenvalue weighted by atomic mass is 9.87. The Balaban J connectivity index is 1.15. The van der Waals surface area contributed by atoms with Crippen molar-refractivity contribution >= 4 is 42.9 Å². The molecule has 0 amide bonds. The summed E-state index contributed by atoms with van der Waals surface area (Å²) in [7, 11) is -6.69. The Morgan fingerprint density at radius 1 is 0.862 bits per heavy atom. The van der Waals surface area contributed by atoms with Gasteiger partial charge in [0.1, 0.15) is 36.9 Å². The van der Waals surface area contributed by atoms with Crippen molar-refractivity contribution in [3.05, 3.63) is 104 Å². The van der Waals surface area contributed by atoms with Gasteiger partial charge in [0.05, 0.1) is 35.4 Å². The normalized spacial score (nSPS) is 19.0. The van der Waals surface area contributed by atoms with E-state index in [0.29, 0.717) is 41.1 Å². The van der Waals surface area contributed by atoms with Gasteiger partial charge in [-0.3, -0.25) is 9.36 Å². The minimum Gasteiger partial charge on any atom is -0.332 e. The van der Waals surface area contributed by atoms with Crippen LogP contribution < -0.4 is 0 Å². The Morgan fingerprint density at radius 2 is 1.52 bits per heavy atom. The van der Waals surface area contributed by atoms with Gasteiger partial charge in [0.25, 0.3) is 18.2 Å². The summed E-state index contributed by atoms with van der Waals surface area (Å²) in [4.78, 5) is 9.41. The van der Waals surface area contributed by atoms with Gasteiger partial charge in [-0.15, -0.1) is 0 Å². The van der Waals surface area contributed by atoms with Crippen LogP contribution in [-0.4, -0.2) is 80.7 Å². The van der Waals surface area contributed by atoms with Gasteiger partial charge >= 0.3 is 0 Å². The van der Waals surface area contributed by atoms with Crippen LogP contribution in [0.4, 0.5) is 13.2 Å². The summed E-state index contributed by atoms with van der Waals surface area (Å²) in [6.45, 7) is 3.58. The van der Waals surface area contributed by atoms with E-state index in [1.54, 1.807) is 10.7 Å². The zero-order valence-corrected chi connectivity index (χ0v) is 34.5. The van der Waals surface area contributed by atoms with Gasteiger partial charge in [-0.1, -0.05) is 57.8 Å². The highest BCUT2D eigenvalue weighted by Gasteiger charge is 2.62. The molecule has 2 fully saturated rings. The van der Waals surface area contributed by atoms with Crippen molar-refractivity contribution in [2.45, 2.75) is 69.4 Å². The maximum Gasteiger partial charge on any atom is 0.282 e. The Morgan fingerprint density at radius 3 is 2.17 bits per heavy atom. The zero-order valence-electron chi connectivity index (χ0n) is 31.4. The summed E-state index contributed by atoms with van der Waals surface area (Å²) < 4.78 is 103. The van der Waals surface area contributed by atoms with E-state index >= 15 is 0 Å². The molecular formula is C37H35Cl2F3N8O6S2. The molecule has 2 aliphatic carbocycles. The molecule has 0 saturated heterocycles. The van der Waals surface area contributed by atoms with Crippen LogP contribution >= 0.6 is 23.2 Å². The summed E-state index contributed by atoms with van der Waals surface area (Å²) in [6.07, 6.45) is 0.882. The average molecular weight is 880 g/mol. The second-order valence-corrected chi connectivity index (χ2v) is 20.3. The van der Waals surface area contributed by atoms with Gasteiger partial charge in [0.15, 0.2) is 17.3 Å². The van der Waals surface area contributed by atoms with E-state index in [9.17, 15) is 30.0 Å². The van der Waals surface area contributed by atoms with Crippen LogP contribution in [0.15, 0.2) is 51.5 Å². The van der Waals surface area contributed by atoms with Crippen LogP contribution in [0.1, 0.15) is 76.9 Å². The van der Waals surface area contributed by atoms with Crippen LogP contribution in [0.5, 0.6) is 0 Å². The van der Waals surface area contributed by atoms with E-state index in [1.807, 2.05) is 32.0 Å². The smallest absolute Gasteiger partial charge is 0.282 e. The van der Waals surface area contributed by atoms with Crippen LogP contribution in [0, 0.1) is 19.7 Å².